The van der Waals surface area contributed by atoms with Gasteiger partial charge in [-0.3, -0.25) is 0 Å². The first-order valence-electron chi connectivity index (χ1n) is 4.84. The van der Waals surface area contributed by atoms with E-state index in [4.69, 9.17) is 6.42 Å². The van der Waals surface area contributed by atoms with E-state index in [2.05, 4.69) is 11.2 Å². The first kappa shape index (κ1) is 12.6. The highest BCUT2D eigenvalue weighted by atomic mass is 19.4. The Morgan fingerprint density at radius 1 is 1.19 bits per heavy atom. The van der Waals surface area contributed by atoms with Gasteiger partial charge in [-0.1, -0.05) is 12.1 Å². The quantitative estimate of drug-likeness (QED) is 0.616. The third-order valence-corrected chi connectivity index (χ3v) is 2.06. The first-order chi connectivity index (χ1) is 7.54. The number of nitrogens with one attached hydrogen (secondary N) is 1. The van der Waals surface area contributed by atoms with E-state index < -0.39 is 11.7 Å². The topological polar surface area (TPSA) is 12.0 Å². The van der Waals surface area contributed by atoms with Crippen LogP contribution in [-0.2, 0) is 12.7 Å². The fourth-order valence-corrected chi connectivity index (χ4v) is 1.20. The number of hydrogen-bond acceptors (Lipinski definition) is 1. The molecule has 86 valence electrons. The molecule has 1 rings (SSSR count). The lowest BCUT2D eigenvalue weighted by Crippen LogP contribution is -2.14. The highest BCUT2D eigenvalue weighted by molar-refractivity contribution is 5.24. The molecule has 1 N–H and O–H groups in total. The zero-order chi connectivity index (χ0) is 12.0. The van der Waals surface area contributed by atoms with Crippen LogP contribution in [0.25, 0.3) is 0 Å². The maximum Gasteiger partial charge on any atom is 0.416 e. The Morgan fingerprint density at radius 2 is 1.81 bits per heavy atom. The Kier molecular flexibility index (Phi) is 4.39. The van der Waals surface area contributed by atoms with Gasteiger partial charge in [0, 0.05) is 19.5 Å². The number of hydrogen-bond donors (Lipinski definition) is 1. The van der Waals surface area contributed by atoms with E-state index in [1.165, 1.54) is 12.1 Å². The molecule has 1 nitrogen and oxygen atoms in total. The van der Waals surface area contributed by atoms with E-state index in [1.807, 2.05) is 0 Å². The van der Waals surface area contributed by atoms with E-state index >= 15 is 0 Å². The molecule has 0 amide bonds. The van der Waals surface area contributed by atoms with Gasteiger partial charge in [-0.25, -0.2) is 0 Å². The lowest BCUT2D eigenvalue weighted by Gasteiger charge is -2.07. The van der Waals surface area contributed by atoms with Crippen LogP contribution in [0.5, 0.6) is 0 Å². The molecular formula is C12H12F3N. The normalized spacial score (nSPS) is 11.1. The summed E-state index contributed by atoms with van der Waals surface area (Å²) in [7, 11) is 0. The predicted molar refractivity (Wildman–Crippen MR) is 56.6 cm³/mol. The summed E-state index contributed by atoms with van der Waals surface area (Å²) in [5, 5.41) is 3.04. The van der Waals surface area contributed by atoms with Crippen LogP contribution < -0.4 is 5.32 Å². The van der Waals surface area contributed by atoms with Crippen molar-refractivity contribution in [3.63, 3.8) is 0 Å². The van der Waals surface area contributed by atoms with Gasteiger partial charge in [0.2, 0.25) is 0 Å². The van der Waals surface area contributed by atoms with Gasteiger partial charge in [0.15, 0.2) is 0 Å². The Morgan fingerprint density at radius 3 is 2.31 bits per heavy atom. The zero-order valence-corrected chi connectivity index (χ0v) is 8.64. The van der Waals surface area contributed by atoms with Crippen molar-refractivity contribution >= 4 is 0 Å². The average Bonchev–Trinajstić information content (AvgIpc) is 2.24. The molecule has 0 aliphatic carbocycles. The third-order valence-electron chi connectivity index (χ3n) is 2.06. The van der Waals surface area contributed by atoms with E-state index in [1.54, 1.807) is 0 Å². The third kappa shape index (κ3) is 3.95. The molecule has 1 aromatic carbocycles. The summed E-state index contributed by atoms with van der Waals surface area (Å²) >= 11 is 0. The molecule has 0 heterocycles. The molecule has 0 fully saturated rings. The van der Waals surface area contributed by atoms with Gasteiger partial charge in [0.05, 0.1) is 5.56 Å². The van der Waals surface area contributed by atoms with Crippen LogP contribution in [0, 0.1) is 12.3 Å². The minimum absolute atomic E-state index is 0.528. The molecule has 0 aliphatic rings. The second-order valence-electron chi connectivity index (χ2n) is 3.33. The second-order valence-corrected chi connectivity index (χ2v) is 3.33. The van der Waals surface area contributed by atoms with Gasteiger partial charge in [-0.15, -0.1) is 12.3 Å². The van der Waals surface area contributed by atoms with Crippen LogP contribution in [0.1, 0.15) is 17.5 Å². The van der Waals surface area contributed by atoms with Crippen molar-refractivity contribution in [3.8, 4) is 12.3 Å². The van der Waals surface area contributed by atoms with Gasteiger partial charge < -0.3 is 5.32 Å². The Labute approximate surface area is 92.7 Å². The fraction of sp³-hybridized carbons (Fsp3) is 0.333. The standard InChI is InChI=1S/C12H12F3N/c1-2-3-8-16-9-10-4-6-11(7-5-10)12(13,14)15/h1,4-7,16H,3,8-9H2. The molecule has 0 saturated carbocycles. The Hall–Kier alpha value is -1.47. The molecule has 0 spiro atoms. The smallest absolute Gasteiger partial charge is 0.312 e. The number of benzene rings is 1. The van der Waals surface area contributed by atoms with Crippen LogP contribution in [0.2, 0.25) is 0 Å². The summed E-state index contributed by atoms with van der Waals surface area (Å²) in [6.07, 6.45) is 1.40. The summed E-state index contributed by atoms with van der Waals surface area (Å²) in [6, 6.07) is 5.09. The molecule has 0 atom stereocenters. The second kappa shape index (κ2) is 5.57. The van der Waals surface area contributed by atoms with Crippen molar-refractivity contribution in [2.75, 3.05) is 6.54 Å². The molecule has 0 aliphatic heterocycles. The van der Waals surface area contributed by atoms with Crippen LogP contribution in [0.15, 0.2) is 24.3 Å². The zero-order valence-electron chi connectivity index (χ0n) is 8.64. The van der Waals surface area contributed by atoms with Crippen molar-refractivity contribution in [1.82, 2.24) is 5.32 Å². The van der Waals surface area contributed by atoms with Crippen molar-refractivity contribution in [2.24, 2.45) is 0 Å². The summed E-state index contributed by atoms with van der Waals surface area (Å²) in [5.41, 5.74) is 0.185. The minimum atomic E-state index is -4.27. The predicted octanol–water partition coefficient (Wildman–Crippen LogP) is 2.82. The van der Waals surface area contributed by atoms with E-state index in [0.29, 0.717) is 19.5 Å². The van der Waals surface area contributed by atoms with Gasteiger partial charge >= 0.3 is 6.18 Å². The van der Waals surface area contributed by atoms with Gasteiger partial charge in [-0.2, -0.15) is 13.2 Å². The van der Waals surface area contributed by atoms with E-state index in [-0.39, 0.29) is 0 Å². The molecule has 4 heteroatoms. The van der Waals surface area contributed by atoms with E-state index in [9.17, 15) is 13.2 Å². The minimum Gasteiger partial charge on any atom is -0.312 e. The Bertz CT molecular complexity index is 359. The molecule has 1 aromatic rings. The van der Waals surface area contributed by atoms with Crippen molar-refractivity contribution in [2.45, 2.75) is 19.1 Å². The fourth-order valence-electron chi connectivity index (χ4n) is 1.20. The maximum atomic E-state index is 12.2. The summed E-state index contributed by atoms with van der Waals surface area (Å²) in [5.74, 6) is 2.47. The summed E-state index contributed by atoms with van der Waals surface area (Å²) < 4.78 is 36.7. The van der Waals surface area contributed by atoms with Gasteiger partial charge in [0.25, 0.3) is 0 Å². The SMILES string of the molecule is C#CCCNCc1ccc(C(F)(F)F)cc1. The molecule has 16 heavy (non-hydrogen) atoms. The summed E-state index contributed by atoms with van der Waals surface area (Å²) in [6.45, 7) is 1.19. The summed E-state index contributed by atoms with van der Waals surface area (Å²) in [4.78, 5) is 0. The average molecular weight is 227 g/mol. The van der Waals surface area contributed by atoms with Crippen LogP contribution in [-0.4, -0.2) is 6.54 Å². The van der Waals surface area contributed by atoms with Gasteiger partial charge in [-0.05, 0) is 17.7 Å². The van der Waals surface area contributed by atoms with Crippen molar-refractivity contribution in [3.05, 3.63) is 35.4 Å². The molecule has 0 unspecified atom stereocenters. The van der Waals surface area contributed by atoms with Crippen LogP contribution in [0.4, 0.5) is 13.2 Å². The molecule has 0 bridgehead atoms. The molecule has 0 saturated heterocycles. The van der Waals surface area contributed by atoms with Crippen LogP contribution in [0.3, 0.4) is 0 Å². The monoisotopic (exact) mass is 227 g/mol. The van der Waals surface area contributed by atoms with Crippen LogP contribution >= 0.6 is 0 Å². The molecule has 0 aromatic heterocycles. The molecule has 0 radical (unpaired) electrons. The maximum absolute atomic E-state index is 12.2. The Balaban J connectivity index is 2.49. The van der Waals surface area contributed by atoms with Crippen molar-refractivity contribution in [1.29, 1.82) is 0 Å². The highest BCUT2D eigenvalue weighted by Crippen LogP contribution is 2.28. The number of terminal acetylenes is 1. The largest absolute Gasteiger partial charge is 0.416 e. The first-order valence-corrected chi connectivity index (χ1v) is 4.84. The number of rotatable bonds is 4. The number of alkyl halides is 3. The number of halogens is 3. The van der Waals surface area contributed by atoms with E-state index in [0.717, 1.165) is 17.7 Å². The molecular weight excluding hydrogens is 215 g/mol. The lowest BCUT2D eigenvalue weighted by molar-refractivity contribution is -0.137. The van der Waals surface area contributed by atoms with Crippen molar-refractivity contribution < 1.29 is 13.2 Å². The van der Waals surface area contributed by atoms with Gasteiger partial charge in [0.1, 0.15) is 0 Å². The highest BCUT2D eigenvalue weighted by Gasteiger charge is 2.29. The lowest BCUT2D eigenvalue weighted by atomic mass is 10.1.